The number of aliphatic hydroxyl groups is 1. The molecule has 1 atom stereocenters. The van der Waals surface area contributed by atoms with Crippen LogP contribution in [-0.2, 0) is 4.74 Å². The maximum Gasteiger partial charge on any atom is 0.147 e. The first-order valence-electron chi connectivity index (χ1n) is 4.39. The van der Waals surface area contributed by atoms with Gasteiger partial charge in [0.05, 0.1) is 15.6 Å². The van der Waals surface area contributed by atoms with Crippen LogP contribution in [0, 0.1) is 0 Å². The van der Waals surface area contributed by atoms with Crippen molar-refractivity contribution in [3.8, 4) is 5.75 Å². The number of rotatable bonds is 5. The van der Waals surface area contributed by atoms with Crippen molar-refractivity contribution in [1.29, 1.82) is 0 Å². The normalized spacial score (nSPS) is 12.5. The first kappa shape index (κ1) is 13.0. The summed E-state index contributed by atoms with van der Waals surface area (Å²) < 4.78 is 12.0. The molecule has 1 N–H and O–H groups in total. The van der Waals surface area contributed by atoms with Crippen molar-refractivity contribution in [2.45, 2.75) is 6.10 Å². The predicted octanol–water partition coefficient (Wildman–Crippen LogP) is 2.60. The quantitative estimate of drug-likeness (QED) is 0.896. The van der Waals surface area contributed by atoms with E-state index in [4.69, 9.17) is 9.47 Å². The molecule has 3 nitrogen and oxygen atoms in total. The third-order valence-electron chi connectivity index (χ3n) is 1.70. The molecular weight excluding hydrogens is 328 g/mol. The Morgan fingerprint density at radius 2 is 1.87 bits per heavy atom. The molecule has 0 amide bonds. The number of halogens is 2. The molecule has 1 aromatic rings. The third-order valence-corrected chi connectivity index (χ3v) is 2.95. The van der Waals surface area contributed by atoms with Crippen LogP contribution in [0.15, 0.2) is 27.1 Å². The molecule has 15 heavy (non-hydrogen) atoms. The Bertz CT molecular complexity index is 297. The van der Waals surface area contributed by atoms with E-state index in [2.05, 4.69) is 31.9 Å². The second-order valence-corrected chi connectivity index (χ2v) is 4.68. The molecule has 0 saturated carbocycles. The molecule has 0 saturated heterocycles. The second kappa shape index (κ2) is 6.48. The van der Waals surface area contributed by atoms with Gasteiger partial charge in [-0.3, -0.25) is 0 Å². The average Bonchev–Trinajstić information content (AvgIpc) is 2.17. The van der Waals surface area contributed by atoms with Gasteiger partial charge < -0.3 is 14.6 Å². The third kappa shape index (κ3) is 4.10. The highest BCUT2D eigenvalue weighted by molar-refractivity contribution is 9.11. The maximum absolute atomic E-state index is 9.41. The first-order valence-corrected chi connectivity index (χ1v) is 5.97. The highest BCUT2D eigenvalue weighted by Crippen LogP contribution is 2.32. The summed E-state index contributed by atoms with van der Waals surface area (Å²) in [6.07, 6.45) is -0.617. The summed E-state index contributed by atoms with van der Waals surface area (Å²) in [5, 5.41) is 9.41. The van der Waals surface area contributed by atoms with Crippen molar-refractivity contribution >= 4 is 31.9 Å². The van der Waals surface area contributed by atoms with Crippen LogP contribution in [0.1, 0.15) is 0 Å². The van der Waals surface area contributed by atoms with Gasteiger partial charge >= 0.3 is 0 Å². The maximum atomic E-state index is 9.41. The largest absolute Gasteiger partial charge is 0.488 e. The Kier molecular flexibility index (Phi) is 5.60. The van der Waals surface area contributed by atoms with Gasteiger partial charge in [-0.25, -0.2) is 0 Å². The van der Waals surface area contributed by atoms with Crippen molar-refractivity contribution in [2.24, 2.45) is 0 Å². The molecule has 0 spiro atoms. The molecule has 0 bridgehead atoms. The Labute approximate surface area is 106 Å². The van der Waals surface area contributed by atoms with Crippen LogP contribution >= 0.6 is 31.9 Å². The average molecular weight is 340 g/mol. The van der Waals surface area contributed by atoms with Gasteiger partial charge in [0.25, 0.3) is 0 Å². The van der Waals surface area contributed by atoms with Crippen molar-refractivity contribution in [3.63, 3.8) is 0 Å². The van der Waals surface area contributed by atoms with Crippen LogP contribution in [0.3, 0.4) is 0 Å². The monoisotopic (exact) mass is 338 g/mol. The lowest BCUT2D eigenvalue weighted by Crippen LogP contribution is -2.22. The molecule has 0 aromatic heterocycles. The number of methoxy groups -OCH3 is 1. The lowest BCUT2D eigenvalue weighted by atomic mass is 10.3. The van der Waals surface area contributed by atoms with Gasteiger partial charge in [-0.2, -0.15) is 0 Å². The lowest BCUT2D eigenvalue weighted by molar-refractivity contribution is 0.0322. The van der Waals surface area contributed by atoms with E-state index in [0.717, 1.165) is 8.95 Å². The molecule has 0 heterocycles. The minimum atomic E-state index is -0.617. The first-order chi connectivity index (χ1) is 7.15. The van der Waals surface area contributed by atoms with E-state index in [1.807, 2.05) is 18.2 Å². The van der Waals surface area contributed by atoms with Crippen LogP contribution in [0.4, 0.5) is 0 Å². The number of hydrogen-bond donors (Lipinski definition) is 1. The van der Waals surface area contributed by atoms with Gasteiger partial charge in [-0.1, -0.05) is 6.07 Å². The molecular formula is C10H12Br2O3. The zero-order valence-corrected chi connectivity index (χ0v) is 11.4. The van der Waals surface area contributed by atoms with Gasteiger partial charge in [-0.15, -0.1) is 0 Å². The topological polar surface area (TPSA) is 38.7 Å². The Morgan fingerprint density at radius 1 is 1.27 bits per heavy atom. The molecule has 0 aliphatic rings. The van der Waals surface area contributed by atoms with Gasteiger partial charge in [0.15, 0.2) is 0 Å². The van der Waals surface area contributed by atoms with Crippen LogP contribution in [0.25, 0.3) is 0 Å². The molecule has 0 aliphatic carbocycles. The highest BCUT2D eigenvalue weighted by atomic mass is 79.9. The standard InChI is InChI=1S/C10H12Br2O3/c1-14-5-7(13)6-15-10-8(11)3-2-4-9(10)12/h2-4,7,13H,5-6H2,1H3/t7-/m1/s1. The van der Waals surface area contributed by atoms with Crippen molar-refractivity contribution < 1.29 is 14.6 Å². The number of hydrogen-bond acceptors (Lipinski definition) is 3. The number of para-hydroxylation sites is 1. The predicted molar refractivity (Wildman–Crippen MR) is 65.2 cm³/mol. The Morgan fingerprint density at radius 3 is 2.40 bits per heavy atom. The summed E-state index contributed by atoms with van der Waals surface area (Å²) in [6.45, 7) is 0.469. The van der Waals surface area contributed by atoms with Crippen molar-refractivity contribution in [2.75, 3.05) is 20.3 Å². The van der Waals surface area contributed by atoms with Gasteiger partial charge in [-0.05, 0) is 44.0 Å². The van der Waals surface area contributed by atoms with E-state index < -0.39 is 6.10 Å². The fraction of sp³-hybridized carbons (Fsp3) is 0.400. The van der Waals surface area contributed by atoms with Crippen LogP contribution < -0.4 is 4.74 Å². The molecule has 0 aliphatic heterocycles. The molecule has 1 aromatic carbocycles. The summed E-state index contributed by atoms with van der Waals surface area (Å²) in [5.74, 6) is 0.688. The Balaban J connectivity index is 2.57. The van der Waals surface area contributed by atoms with Crippen molar-refractivity contribution in [1.82, 2.24) is 0 Å². The van der Waals surface area contributed by atoms with E-state index in [0.29, 0.717) is 5.75 Å². The van der Waals surface area contributed by atoms with E-state index >= 15 is 0 Å². The highest BCUT2D eigenvalue weighted by Gasteiger charge is 2.09. The molecule has 84 valence electrons. The van der Waals surface area contributed by atoms with Gasteiger partial charge in [0.1, 0.15) is 18.5 Å². The minimum Gasteiger partial charge on any atom is -0.488 e. The molecule has 0 radical (unpaired) electrons. The van der Waals surface area contributed by atoms with Crippen LogP contribution in [0.2, 0.25) is 0 Å². The fourth-order valence-corrected chi connectivity index (χ4v) is 2.27. The zero-order chi connectivity index (χ0) is 11.3. The van der Waals surface area contributed by atoms with Gasteiger partial charge in [0, 0.05) is 7.11 Å². The summed E-state index contributed by atoms with van der Waals surface area (Å²) >= 11 is 6.74. The summed E-state index contributed by atoms with van der Waals surface area (Å²) in [4.78, 5) is 0. The minimum absolute atomic E-state index is 0.203. The van der Waals surface area contributed by atoms with Crippen molar-refractivity contribution in [3.05, 3.63) is 27.1 Å². The van der Waals surface area contributed by atoms with Crippen LogP contribution in [-0.4, -0.2) is 31.5 Å². The van der Waals surface area contributed by atoms with E-state index in [-0.39, 0.29) is 13.2 Å². The van der Waals surface area contributed by atoms with Gasteiger partial charge in [0.2, 0.25) is 0 Å². The number of ether oxygens (including phenoxy) is 2. The number of aliphatic hydroxyl groups excluding tert-OH is 1. The SMILES string of the molecule is COC[C@@H](O)COc1c(Br)cccc1Br. The van der Waals surface area contributed by atoms with E-state index in [1.54, 1.807) is 0 Å². The molecule has 1 rings (SSSR count). The smallest absolute Gasteiger partial charge is 0.147 e. The van der Waals surface area contributed by atoms with E-state index in [9.17, 15) is 5.11 Å². The summed E-state index contributed by atoms with van der Waals surface area (Å²) in [5.41, 5.74) is 0. The second-order valence-electron chi connectivity index (χ2n) is 2.97. The van der Waals surface area contributed by atoms with Crippen LogP contribution in [0.5, 0.6) is 5.75 Å². The molecule has 0 unspecified atom stereocenters. The Hall–Kier alpha value is -0.100. The lowest BCUT2D eigenvalue weighted by Gasteiger charge is -2.13. The molecule has 0 fully saturated rings. The fourth-order valence-electron chi connectivity index (χ4n) is 1.04. The number of benzene rings is 1. The molecule has 5 heteroatoms. The zero-order valence-electron chi connectivity index (χ0n) is 8.24. The summed E-state index contributed by atoms with van der Waals surface area (Å²) in [7, 11) is 1.54. The van der Waals surface area contributed by atoms with E-state index in [1.165, 1.54) is 7.11 Å². The summed E-state index contributed by atoms with van der Waals surface area (Å²) in [6, 6.07) is 5.65.